The third-order valence-corrected chi connectivity index (χ3v) is 16.4. The number of rotatable bonds is 86. The Labute approximate surface area is 694 Å². The second-order valence-electron chi connectivity index (χ2n) is 28.3. The average Bonchev–Trinajstić information content (AvgIpc) is 1.62. The van der Waals surface area contributed by atoms with Crippen LogP contribution >= 0.6 is 0 Å². The number of carbonyl (C=O) groups excluding carboxylic acids is 5. The van der Waals surface area contributed by atoms with Crippen LogP contribution in [0, 0.1) is 5.92 Å². The zero-order valence-corrected chi connectivity index (χ0v) is 71.3. The van der Waals surface area contributed by atoms with E-state index in [4.69, 9.17) is 128 Å². The SMILES string of the molecule is COCCOCCOCCOCCOCCOCCOCCOCCOCCOCCOCCOCCOCCOCCOCCOCCOCCOCCOCCOCCOCCOCCOCCOCCCC(=O)C(CCC(=O)OC(C)(C)C)NC(=O)[C@H](CCC(=O)OC(C)(C)C)CC(=O)OCC1c2ccccc2-c2ccccc21. The Kier molecular flexibility index (Phi) is 67.9. The van der Waals surface area contributed by atoms with Crippen molar-refractivity contribution in [2.75, 3.05) is 324 Å². The number of benzene rings is 2. The fraction of sp³-hybridized carbons (Fsp3) is 0.798. The van der Waals surface area contributed by atoms with Crippen molar-refractivity contribution in [2.24, 2.45) is 5.92 Å². The molecule has 1 unspecified atom stereocenters. The predicted octanol–water partition coefficient (Wildman–Crippen LogP) is 6.45. The fourth-order valence-corrected chi connectivity index (χ4v) is 10.7. The highest BCUT2D eigenvalue weighted by molar-refractivity contribution is 5.91. The molecule has 1 aliphatic carbocycles. The van der Waals surface area contributed by atoms with Crippen molar-refractivity contribution in [1.29, 1.82) is 0 Å². The largest absolute Gasteiger partial charge is 0.465 e. The summed E-state index contributed by atoms with van der Waals surface area (Å²) in [5.41, 5.74) is 2.70. The number of carbonyl (C=O) groups is 5. The van der Waals surface area contributed by atoms with Gasteiger partial charge in [0.25, 0.3) is 0 Å². The number of ketones is 1. The van der Waals surface area contributed by atoms with Gasteiger partial charge in [-0.15, -0.1) is 0 Å². The number of ether oxygens (including phenoxy) is 27. The van der Waals surface area contributed by atoms with Crippen LogP contribution in [0.5, 0.6) is 0 Å². The molecule has 0 heterocycles. The fourth-order valence-electron chi connectivity index (χ4n) is 10.7. The van der Waals surface area contributed by atoms with Gasteiger partial charge in [0.1, 0.15) is 17.8 Å². The Hall–Kier alpha value is -4.97. The van der Waals surface area contributed by atoms with Gasteiger partial charge in [0, 0.05) is 44.8 Å². The molecule has 0 aliphatic heterocycles. The van der Waals surface area contributed by atoms with Crippen LogP contribution in [-0.4, -0.2) is 371 Å². The van der Waals surface area contributed by atoms with Crippen LogP contribution in [-0.2, 0) is 152 Å². The highest BCUT2D eigenvalue weighted by Crippen LogP contribution is 2.44. The lowest BCUT2D eigenvalue weighted by Gasteiger charge is -2.24. The molecule has 33 heteroatoms. The molecule has 3 rings (SSSR count). The second-order valence-corrected chi connectivity index (χ2v) is 28.3. The number of nitrogens with one attached hydrogen (secondary N) is 1. The van der Waals surface area contributed by atoms with Crippen LogP contribution < -0.4 is 5.32 Å². The standard InChI is InChI=1S/C84H143NO32/c1-83(2,3)116-79(87)20-18-71(69-81(89)115-70-76-74-15-10-8-13-72(74)73-14-9-11-16-75(73)76)82(90)85-77(19-21-80(88)117-84(4,5)6)78(86)17-12-22-92-25-26-94-29-30-96-33-34-98-37-38-100-41-42-102-45-46-104-49-50-106-53-54-108-57-58-110-61-62-112-65-66-114-68-67-113-64-63-111-60-59-109-56-55-107-52-51-105-48-47-103-44-43-101-40-39-99-36-35-97-32-31-95-28-27-93-24-23-91-7/h8-11,13-16,71,76-77H,12,17-70H2,1-7H3,(H,85,90)/t71-,77?/m1/s1. The van der Waals surface area contributed by atoms with Gasteiger partial charge in [-0.05, 0) is 83.1 Å². The molecule has 1 N–H and O–H groups in total. The molecule has 1 amide bonds. The van der Waals surface area contributed by atoms with E-state index in [9.17, 15) is 24.0 Å². The van der Waals surface area contributed by atoms with Gasteiger partial charge >= 0.3 is 17.9 Å². The summed E-state index contributed by atoms with van der Waals surface area (Å²) in [5, 5.41) is 2.81. The zero-order chi connectivity index (χ0) is 84.3. The topological polar surface area (TPSA) is 347 Å². The number of fused-ring (bicyclic) bond motifs is 3. The molecule has 0 aromatic heterocycles. The highest BCUT2D eigenvalue weighted by Gasteiger charge is 2.33. The maximum Gasteiger partial charge on any atom is 0.306 e. The summed E-state index contributed by atoms with van der Waals surface area (Å²) in [7, 11) is 1.64. The lowest BCUT2D eigenvalue weighted by Crippen LogP contribution is -2.45. The van der Waals surface area contributed by atoms with Crippen molar-refractivity contribution in [2.45, 2.75) is 110 Å². The lowest BCUT2D eigenvalue weighted by molar-refractivity contribution is -0.157. The van der Waals surface area contributed by atoms with E-state index >= 15 is 0 Å². The first-order valence-corrected chi connectivity index (χ1v) is 41.5. The van der Waals surface area contributed by atoms with Crippen molar-refractivity contribution >= 4 is 29.6 Å². The molecule has 33 nitrogen and oxygen atoms in total. The van der Waals surface area contributed by atoms with Gasteiger partial charge in [-0.3, -0.25) is 24.0 Å². The summed E-state index contributed by atoms with van der Waals surface area (Å²) in [6.07, 6.45) is -0.357. The van der Waals surface area contributed by atoms with Crippen LogP contribution in [0.25, 0.3) is 11.1 Å². The number of esters is 3. The second kappa shape index (κ2) is 74.8. The molecule has 117 heavy (non-hydrogen) atoms. The molecule has 0 saturated carbocycles. The quantitative estimate of drug-likeness (QED) is 0.0422. The molecule has 0 spiro atoms. The molecule has 1 aliphatic rings. The summed E-state index contributed by atoms with van der Waals surface area (Å²) < 4.78 is 149. The molecule has 0 bridgehead atoms. The molecule has 676 valence electrons. The van der Waals surface area contributed by atoms with Crippen LogP contribution in [0.3, 0.4) is 0 Å². The molecule has 2 atom stereocenters. The average molecular weight is 1680 g/mol. The molecule has 2 aromatic rings. The van der Waals surface area contributed by atoms with Crippen molar-refractivity contribution in [3.05, 3.63) is 59.7 Å². The van der Waals surface area contributed by atoms with Crippen molar-refractivity contribution in [3.8, 4) is 11.1 Å². The van der Waals surface area contributed by atoms with E-state index in [1.165, 1.54) is 0 Å². The Bertz CT molecular complexity index is 2640. The van der Waals surface area contributed by atoms with E-state index in [1.54, 1.807) is 48.7 Å². The van der Waals surface area contributed by atoms with Crippen molar-refractivity contribution in [1.82, 2.24) is 5.32 Å². The van der Waals surface area contributed by atoms with Crippen molar-refractivity contribution < 1.29 is 152 Å². The van der Waals surface area contributed by atoms with Gasteiger partial charge in [0.05, 0.1) is 316 Å². The van der Waals surface area contributed by atoms with Crippen LogP contribution in [0.4, 0.5) is 0 Å². The van der Waals surface area contributed by atoms with Crippen molar-refractivity contribution in [3.63, 3.8) is 0 Å². The number of Topliss-reactive ketones (excluding diaryl/α,β-unsaturated/α-hetero) is 1. The number of hydrogen-bond donors (Lipinski definition) is 1. The van der Waals surface area contributed by atoms with Crippen LogP contribution in [0.1, 0.15) is 104 Å². The molecular formula is C84H143NO32. The minimum Gasteiger partial charge on any atom is -0.465 e. The van der Waals surface area contributed by atoms with Crippen LogP contribution in [0.15, 0.2) is 48.5 Å². The molecule has 0 radical (unpaired) electrons. The van der Waals surface area contributed by atoms with E-state index in [1.807, 2.05) is 48.5 Å². The molecule has 2 aromatic carbocycles. The summed E-state index contributed by atoms with van der Waals surface area (Å²) >= 11 is 0. The van der Waals surface area contributed by atoms with E-state index < -0.39 is 47.0 Å². The summed E-state index contributed by atoms with van der Waals surface area (Å²) in [6, 6.07) is 14.9. The van der Waals surface area contributed by atoms with Crippen LogP contribution in [0.2, 0.25) is 0 Å². The Morgan fingerprint density at radius 3 is 0.803 bits per heavy atom. The molecule has 0 saturated heterocycles. The first-order chi connectivity index (χ1) is 57.1. The summed E-state index contributed by atoms with van der Waals surface area (Å²) in [4.78, 5) is 67.2. The zero-order valence-electron chi connectivity index (χ0n) is 71.3. The first-order valence-electron chi connectivity index (χ1n) is 41.5. The third kappa shape index (κ3) is 63.6. The number of amides is 1. The molecular weight excluding hydrogens is 1530 g/mol. The van der Waals surface area contributed by atoms with Gasteiger partial charge in [-0.25, -0.2) is 0 Å². The van der Waals surface area contributed by atoms with E-state index in [2.05, 4.69) is 5.32 Å². The first kappa shape index (κ1) is 106. The smallest absolute Gasteiger partial charge is 0.306 e. The molecule has 0 fully saturated rings. The van der Waals surface area contributed by atoms with Gasteiger partial charge < -0.3 is 133 Å². The van der Waals surface area contributed by atoms with Gasteiger partial charge in [-0.2, -0.15) is 0 Å². The number of hydrogen-bond acceptors (Lipinski definition) is 32. The summed E-state index contributed by atoms with van der Waals surface area (Å²) in [6.45, 7) is 32.0. The lowest BCUT2D eigenvalue weighted by atomic mass is 9.95. The third-order valence-electron chi connectivity index (χ3n) is 16.4. The van der Waals surface area contributed by atoms with E-state index in [-0.39, 0.29) is 70.0 Å². The van der Waals surface area contributed by atoms with Gasteiger partial charge in [0.15, 0.2) is 5.78 Å². The normalized spacial score (nSPS) is 12.8. The minimum atomic E-state index is -1.08. The Morgan fingerprint density at radius 2 is 0.547 bits per heavy atom. The maximum atomic E-state index is 14.1. The summed E-state index contributed by atoms with van der Waals surface area (Å²) in [5.74, 6) is -3.88. The van der Waals surface area contributed by atoms with E-state index in [0.717, 1.165) is 22.3 Å². The highest BCUT2D eigenvalue weighted by atomic mass is 16.6. The number of methoxy groups -OCH3 is 1. The monoisotopic (exact) mass is 1680 g/mol. The maximum absolute atomic E-state index is 14.1. The van der Waals surface area contributed by atoms with Gasteiger partial charge in [0.2, 0.25) is 5.91 Å². The van der Waals surface area contributed by atoms with Gasteiger partial charge in [-0.1, -0.05) is 48.5 Å². The minimum absolute atomic E-state index is 0.0373. The predicted molar refractivity (Wildman–Crippen MR) is 430 cm³/mol. The Balaban J connectivity index is 1.000. The van der Waals surface area contributed by atoms with E-state index in [0.29, 0.717) is 304 Å². The Morgan fingerprint density at radius 1 is 0.308 bits per heavy atom.